The van der Waals surface area contributed by atoms with E-state index in [1.54, 1.807) is 0 Å². The molecule has 0 aromatic heterocycles. The summed E-state index contributed by atoms with van der Waals surface area (Å²) in [5.41, 5.74) is 0. The lowest BCUT2D eigenvalue weighted by Gasteiger charge is -2.18. The zero-order valence-electron chi connectivity index (χ0n) is 41.3. The number of hydrogen-bond donors (Lipinski definition) is 0. The molecular formula is C58H94O6. The molecule has 6 heteroatoms. The Morgan fingerprint density at radius 2 is 0.719 bits per heavy atom. The fourth-order valence-electron chi connectivity index (χ4n) is 6.72. The minimum Gasteiger partial charge on any atom is -0.462 e. The molecular weight excluding hydrogens is 793 g/mol. The topological polar surface area (TPSA) is 78.9 Å². The molecule has 0 aromatic rings. The van der Waals surface area contributed by atoms with Crippen molar-refractivity contribution in [3.05, 3.63) is 109 Å². The number of ether oxygens (including phenoxy) is 3. The molecule has 0 spiro atoms. The van der Waals surface area contributed by atoms with E-state index in [1.807, 2.05) is 12.2 Å². The van der Waals surface area contributed by atoms with Crippen LogP contribution in [0.25, 0.3) is 0 Å². The van der Waals surface area contributed by atoms with Gasteiger partial charge in [-0.25, -0.2) is 0 Å². The fourth-order valence-corrected chi connectivity index (χ4v) is 6.72. The highest BCUT2D eigenvalue weighted by Gasteiger charge is 2.19. The molecule has 0 aliphatic rings. The Kier molecular flexibility index (Phi) is 48.5. The Balaban J connectivity index is 4.53. The van der Waals surface area contributed by atoms with E-state index in [1.165, 1.54) is 77.0 Å². The van der Waals surface area contributed by atoms with Crippen LogP contribution in [0.15, 0.2) is 109 Å². The summed E-state index contributed by atoms with van der Waals surface area (Å²) in [6.45, 7) is 6.29. The maximum absolute atomic E-state index is 12.8. The second-order valence-corrected chi connectivity index (χ2v) is 16.7. The van der Waals surface area contributed by atoms with Crippen LogP contribution in [-0.4, -0.2) is 37.2 Å². The third-order valence-corrected chi connectivity index (χ3v) is 10.6. The highest BCUT2D eigenvalue weighted by atomic mass is 16.6. The van der Waals surface area contributed by atoms with Crippen molar-refractivity contribution in [3.8, 4) is 0 Å². The molecule has 0 aromatic carbocycles. The predicted molar refractivity (Wildman–Crippen MR) is 274 cm³/mol. The lowest BCUT2D eigenvalue weighted by Crippen LogP contribution is -2.30. The fraction of sp³-hybridized carbons (Fsp3) is 0.638. The number of allylic oxidation sites excluding steroid dienone is 18. The molecule has 0 saturated heterocycles. The largest absolute Gasteiger partial charge is 0.462 e. The van der Waals surface area contributed by atoms with E-state index < -0.39 is 12.1 Å². The molecule has 0 radical (unpaired) electrons. The van der Waals surface area contributed by atoms with Crippen molar-refractivity contribution in [1.29, 1.82) is 0 Å². The molecule has 6 nitrogen and oxygen atoms in total. The van der Waals surface area contributed by atoms with Crippen LogP contribution in [0.1, 0.15) is 220 Å². The third-order valence-electron chi connectivity index (χ3n) is 10.6. The number of esters is 3. The van der Waals surface area contributed by atoms with Gasteiger partial charge >= 0.3 is 17.9 Å². The Morgan fingerprint density at radius 1 is 0.344 bits per heavy atom. The van der Waals surface area contributed by atoms with Crippen LogP contribution in [0.2, 0.25) is 0 Å². The number of carbonyl (C=O) groups excluding carboxylic acids is 3. The summed E-state index contributed by atoms with van der Waals surface area (Å²) in [6.07, 6.45) is 69.4. The Hall–Kier alpha value is -3.93. The number of rotatable bonds is 45. The van der Waals surface area contributed by atoms with E-state index in [0.717, 1.165) is 96.3 Å². The van der Waals surface area contributed by atoms with E-state index in [2.05, 4.69) is 118 Å². The summed E-state index contributed by atoms with van der Waals surface area (Å²) >= 11 is 0. The average molecular weight is 887 g/mol. The molecule has 0 aliphatic carbocycles. The summed E-state index contributed by atoms with van der Waals surface area (Å²) < 4.78 is 16.7. The quantitative estimate of drug-likeness (QED) is 0.0199. The van der Waals surface area contributed by atoms with Crippen molar-refractivity contribution in [2.75, 3.05) is 13.2 Å². The van der Waals surface area contributed by atoms with E-state index >= 15 is 0 Å². The van der Waals surface area contributed by atoms with E-state index in [4.69, 9.17) is 14.2 Å². The van der Waals surface area contributed by atoms with Crippen LogP contribution < -0.4 is 0 Å². The van der Waals surface area contributed by atoms with Gasteiger partial charge in [0.25, 0.3) is 0 Å². The maximum Gasteiger partial charge on any atom is 0.306 e. The summed E-state index contributed by atoms with van der Waals surface area (Å²) in [6, 6.07) is 0. The monoisotopic (exact) mass is 887 g/mol. The summed E-state index contributed by atoms with van der Waals surface area (Å²) in [7, 11) is 0. The average Bonchev–Trinajstić information content (AvgIpc) is 3.29. The van der Waals surface area contributed by atoms with Crippen molar-refractivity contribution in [3.63, 3.8) is 0 Å². The number of carbonyl (C=O) groups is 3. The Bertz CT molecular complexity index is 1340. The van der Waals surface area contributed by atoms with E-state index in [-0.39, 0.29) is 31.6 Å². The molecule has 0 fully saturated rings. The van der Waals surface area contributed by atoms with Crippen LogP contribution in [0.3, 0.4) is 0 Å². The minimum atomic E-state index is -0.829. The molecule has 0 rings (SSSR count). The van der Waals surface area contributed by atoms with Gasteiger partial charge < -0.3 is 14.2 Å². The van der Waals surface area contributed by atoms with Crippen LogP contribution in [-0.2, 0) is 28.6 Å². The van der Waals surface area contributed by atoms with Crippen molar-refractivity contribution >= 4 is 17.9 Å². The second-order valence-electron chi connectivity index (χ2n) is 16.7. The van der Waals surface area contributed by atoms with Gasteiger partial charge in [-0.2, -0.15) is 0 Å². The first-order valence-corrected chi connectivity index (χ1v) is 25.9. The van der Waals surface area contributed by atoms with Crippen molar-refractivity contribution in [2.24, 2.45) is 0 Å². The number of unbranched alkanes of at least 4 members (excludes halogenated alkanes) is 18. The first-order valence-electron chi connectivity index (χ1n) is 25.9. The van der Waals surface area contributed by atoms with Gasteiger partial charge in [0.15, 0.2) is 6.10 Å². The van der Waals surface area contributed by atoms with Gasteiger partial charge in [-0.1, -0.05) is 214 Å². The first-order chi connectivity index (χ1) is 31.5. The third kappa shape index (κ3) is 49.1. The Morgan fingerprint density at radius 3 is 1.19 bits per heavy atom. The molecule has 1 unspecified atom stereocenters. The molecule has 362 valence electrons. The molecule has 64 heavy (non-hydrogen) atoms. The lowest BCUT2D eigenvalue weighted by molar-refractivity contribution is -0.166. The SMILES string of the molecule is CC\C=C/C=C\C=C/CCCCCCCC(=O)OCC(COC(=O)CCCCCCCCC/C=C\CCCCCCCC)OC(=O)CC/C=C\C/C=C\C/C=C\C/C=C\C/C=C\CC. The molecule has 0 N–H and O–H groups in total. The van der Waals surface area contributed by atoms with E-state index in [0.29, 0.717) is 19.3 Å². The first kappa shape index (κ1) is 60.1. The molecule has 1 atom stereocenters. The molecule has 0 heterocycles. The molecule has 0 bridgehead atoms. The van der Waals surface area contributed by atoms with Gasteiger partial charge in [0.05, 0.1) is 0 Å². The van der Waals surface area contributed by atoms with E-state index in [9.17, 15) is 14.4 Å². The zero-order chi connectivity index (χ0) is 46.5. The van der Waals surface area contributed by atoms with Crippen LogP contribution >= 0.6 is 0 Å². The van der Waals surface area contributed by atoms with Gasteiger partial charge in [-0.15, -0.1) is 0 Å². The minimum absolute atomic E-state index is 0.118. The smallest absolute Gasteiger partial charge is 0.306 e. The highest BCUT2D eigenvalue weighted by Crippen LogP contribution is 2.13. The summed E-state index contributed by atoms with van der Waals surface area (Å²) in [5, 5.41) is 0. The van der Waals surface area contributed by atoms with Gasteiger partial charge in [-0.05, 0) is 96.3 Å². The van der Waals surface area contributed by atoms with Gasteiger partial charge in [-0.3, -0.25) is 14.4 Å². The van der Waals surface area contributed by atoms with Crippen LogP contribution in [0.4, 0.5) is 0 Å². The summed E-state index contributed by atoms with van der Waals surface area (Å²) in [4.78, 5) is 38.0. The van der Waals surface area contributed by atoms with Crippen LogP contribution in [0.5, 0.6) is 0 Å². The van der Waals surface area contributed by atoms with Crippen molar-refractivity contribution in [1.82, 2.24) is 0 Å². The lowest BCUT2D eigenvalue weighted by atomic mass is 10.1. The normalized spacial score (nSPS) is 13.0. The zero-order valence-corrected chi connectivity index (χ0v) is 41.3. The van der Waals surface area contributed by atoms with Gasteiger partial charge in [0, 0.05) is 19.3 Å². The standard InChI is InChI=1S/C58H94O6/c1-4-7-10-13-16-19-22-25-27-29-31-33-36-39-42-45-48-51-57(60)63-54-55(53-62-56(59)50-47-44-41-38-35-32-24-21-18-15-12-9-6-3)64-58(61)52-49-46-43-40-37-34-30-28-26-23-20-17-14-11-8-5-2/h8-9,11-12,15,17-18,20-21,24-28,34,37,43,46,55H,4-7,10,13-14,16,19,22-23,29-33,35-36,38-42,44-45,47-54H2,1-3H3/b11-8-,12-9-,18-15-,20-17-,24-21-,27-25-,28-26-,37-34-,46-43-. The van der Waals surface area contributed by atoms with Gasteiger partial charge in [0.2, 0.25) is 0 Å². The van der Waals surface area contributed by atoms with Crippen LogP contribution in [0, 0.1) is 0 Å². The molecule has 0 amide bonds. The van der Waals surface area contributed by atoms with Crippen molar-refractivity contribution in [2.45, 2.75) is 226 Å². The second kappa shape index (κ2) is 51.7. The van der Waals surface area contributed by atoms with Gasteiger partial charge in [0.1, 0.15) is 13.2 Å². The molecule has 0 saturated carbocycles. The maximum atomic E-state index is 12.8. The molecule has 0 aliphatic heterocycles. The van der Waals surface area contributed by atoms with Crippen molar-refractivity contribution < 1.29 is 28.6 Å². The Labute approximate surface area is 393 Å². The highest BCUT2D eigenvalue weighted by molar-refractivity contribution is 5.71. The summed E-state index contributed by atoms with van der Waals surface area (Å²) in [5.74, 6) is -1.03. The number of hydrogen-bond acceptors (Lipinski definition) is 6. The predicted octanol–water partition coefficient (Wildman–Crippen LogP) is 17.1.